The molecule has 0 amide bonds. The van der Waals surface area contributed by atoms with Crippen LogP contribution in [0.5, 0.6) is 0 Å². The predicted molar refractivity (Wildman–Crippen MR) is 74.9 cm³/mol. The number of anilines is 2. The fraction of sp³-hybridized carbons (Fsp3) is 0.200. The molecular formula is C15H18N2. The van der Waals surface area contributed by atoms with Crippen molar-refractivity contribution < 1.29 is 0 Å². The number of nitrogens with two attached hydrogens (primary N) is 2. The predicted octanol–water partition coefficient (Wildman–Crippen LogP) is 3.44. The second kappa shape index (κ2) is 4.13. The molecule has 0 aliphatic heterocycles. The number of aryl methyl sites for hydroxylation is 3. The smallest absolute Gasteiger partial charge is 0.0554 e. The molecular weight excluding hydrogens is 208 g/mol. The summed E-state index contributed by atoms with van der Waals surface area (Å²) in [5, 5.41) is 0. The average molecular weight is 226 g/mol. The number of nitrogen functional groups attached to an aromatic ring is 2. The second-order valence-corrected chi connectivity index (χ2v) is 4.62. The minimum absolute atomic E-state index is 0.635. The van der Waals surface area contributed by atoms with Gasteiger partial charge >= 0.3 is 0 Å². The van der Waals surface area contributed by atoms with E-state index in [0.717, 1.165) is 5.56 Å². The molecule has 2 aromatic rings. The van der Waals surface area contributed by atoms with E-state index in [-0.39, 0.29) is 0 Å². The van der Waals surface area contributed by atoms with E-state index in [9.17, 15) is 0 Å². The van der Waals surface area contributed by atoms with Crippen molar-refractivity contribution in [2.24, 2.45) is 0 Å². The van der Waals surface area contributed by atoms with Crippen LogP contribution in [0.25, 0.3) is 11.1 Å². The third-order valence-electron chi connectivity index (χ3n) is 3.05. The standard InChI is InChI=1S/C15H18N2/c1-9-6-10(2)15(11(3)7-9)12-4-5-13(16)14(17)8-12/h4-8H,16-17H2,1-3H3. The van der Waals surface area contributed by atoms with E-state index in [1.807, 2.05) is 18.2 Å². The third-order valence-corrected chi connectivity index (χ3v) is 3.05. The number of benzene rings is 2. The maximum Gasteiger partial charge on any atom is 0.0554 e. The highest BCUT2D eigenvalue weighted by Gasteiger charge is 2.07. The summed E-state index contributed by atoms with van der Waals surface area (Å²) >= 11 is 0. The SMILES string of the molecule is Cc1cc(C)c(-c2ccc(N)c(N)c2)c(C)c1. The average Bonchev–Trinajstić information content (AvgIpc) is 2.21. The molecule has 0 bridgehead atoms. The number of hydrogen-bond donors (Lipinski definition) is 2. The molecule has 0 unspecified atom stereocenters. The summed E-state index contributed by atoms with van der Waals surface area (Å²) in [4.78, 5) is 0. The van der Waals surface area contributed by atoms with Crippen molar-refractivity contribution in [1.29, 1.82) is 0 Å². The van der Waals surface area contributed by atoms with E-state index in [2.05, 4.69) is 32.9 Å². The Labute approximate surface area is 102 Å². The molecule has 0 radical (unpaired) electrons. The van der Waals surface area contributed by atoms with Gasteiger partial charge in [-0.2, -0.15) is 0 Å². The fourth-order valence-corrected chi connectivity index (χ4v) is 2.37. The maximum atomic E-state index is 5.86. The van der Waals surface area contributed by atoms with Crippen LogP contribution in [0.4, 0.5) is 11.4 Å². The zero-order valence-corrected chi connectivity index (χ0v) is 10.5. The quantitative estimate of drug-likeness (QED) is 0.732. The Morgan fingerprint density at radius 3 is 1.88 bits per heavy atom. The lowest BCUT2D eigenvalue weighted by Gasteiger charge is -2.12. The normalized spacial score (nSPS) is 10.5. The molecule has 0 aliphatic rings. The van der Waals surface area contributed by atoms with Crippen LogP contribution in [0.2, 0.25) is 0 Å². The van der Waals surface area contributed by atoms with Crippen LogP contribution in [0.15, 0.2) is 30.3 Å². The first-order valence-corrected chi connectivity index (χ1v) is 5.72. The molecule has 0 aromatic heterocycles. The Bertz CT molecular complexity index is 548. The second-order valence-electron chi connectivity index (χ2n) is 4.62. The maximum absolute atomic E-state index is 5.86. The summed E-state index contributed by atoms with van der Waals surface area (Å²) in [5.74, 6) is 0. The van der Waals surface area contributed by atoms with E-state index in [0.29, 0.717) is 11.4 Å². The summed E-state index contributed by atoms with van der Waals surface area (Å²) in [7, 11) is 0. The van der Waals surface area contributed by atoms with Gasteiger partial charge in [-0.15, -0.1) is 0 Å². The molecule has 0 spiro atoms. The first-order chi connectivity index (χ1) is 7.99. The van der Waals surface area contributed by atoms with Gasteiger partial charge < -0.3 is 11.5 Å². The lowest BCUT2D eigenvalue weighted by molar-refractivity contribution is 1.32. The molecule has 0 fully saturated rings. The van der Waals surface area contributed by atoms with E-state index >= 15 is 0 Å². The zero-order chi connectivity index (χ0) is 12.6. The summed E-state index contributed by atoms with van der Waals surface area (Å²) in [6, 6.07) is 10.2. The van der Waals surface area contributed by atoms with Crippen LogP contribution < -0.4 is 11.5 Å². The van der Waals surface area contributed by atoms with Gasteiger partial charge in [0.1, 0.15) is 0 Å². The van der Waals surface area contributed by atoms with Crippen molar-refractivity contribution in [1.82, 2.24) is 0 Å². The van der Waals surface area contributed by atoms with Gasteiger partial charge in [-0.05, 0) is 55.2 Å². The highest BCUT2D eigenvalue weighted by molar-refractivity contribution is 5.78. The molecule has 0 heterocycles. The van der Waals surface area contributed by atoms with Gasteiger partial charge in [0.15, 0.2) is 0 Å². The summed E-state index contributed by atoms with van der Waals surface area (Å²) in [5.41, 5.74) is 19.1. The first-order valence-electron chi connectivity index (χ1n) is 5.72. The molecule has 2 rings (SSSR count). The highest BCUT2D eigenvalue weighted by atomic mass is 14.7. The minimum Gasteiger partial charge on any atom is -0.397 e. The summed E-state index contributed by atoms with van der Waals surface area (Å²) < 4.78 is 0. The first kappa shape index (κ1) is 11.5. The van der Waals surface area contributed by atoms with Crippen LogP contribution >= 0.6 is 0 Å². The Morgan fingerprint density at radius 2 is 1.35 bits per heavy atom. The topological polar surface area (TPSA) is 52.0 Å². The van der Waals surface area contributed by atoms with Crippen molar-refractivity contribution in [2.75, 3.05) is 11.5 Å². The van der Waals surface area contributed by atoms with Crippen molar-refractivity contribution in [3.63, 3.8) is 0 Å². The molecule has 2 heteroatoms. The highest BCUT2D eigenvalue weighted by Crippen LogP contribution is 2.31. The van der Waals surface area contributed by atoms with Gasteiger partial charge in [0, 0.05) is 0 Å². The Kier molecular flexibility index (Phi) is 2.80. The molecule has 88 valence electrons. The largest absolute Gasteiger partial charge is 0.397 e. The number of rotatable bonds is 1. The van der Waals surface area contributed by atoms with Crippen molar-refractivity contribution in [3.8, 4) is 11.1 Å². The van der Waals surface area contributed by atoms with Crippen LogP contribution in [0.3, 0.4) is 0 Å². The molecule has 2 aromatic carbocycles. The van der Waals surface area contributed by atoms with Crippen molar-refractivity contribution >= 4 is 11.4 Å². The summed E-state index contributed by atoms with van der Waals surface area (Å²) in [6.45, 7) is 6.37. The van der Waals surface area contributed by atoms with Crippen molar-refractivity contribution in [3.05, 3.63) is 47.0 Å². The lowest BCUT2D eigenvalue weighted by atomic mass is 9.93. The van der Waals surface area contributed by atoms with Gasteiger partial charge in [0.2, 0.25) is 0 Å². The molecule has 0 aliphatic carbocycles. The van der Waals surface area contributed by atoms with Crippen LogP contribution in [0, 0.1) is 20.8 Å². The van der Waals surface area contributed by atoms with Gasteiger partial charge in [0.05, 0.1) is 11.4 Å². The fourth-order valence-electron chi connectivity index (χ4n) is 2.37. The van der Waals surface area contributed by atoms with Crippen LogP contribution in [-0.2, 0) is 0 Å². The van der Waals surface area contributed by atoms with E-state index in [4.69, 9.17) is 11.5 Å². The monoisotopic (exact) mass is 226 g/mol. The van der Waals surface area contributed by atoms with Crippen LogP contribution in [0.1, 0.15) is 16.7 Å². The molecule has 0 atom stereocenters. The minimum atomic E-state index is 0.635. The molecule has 17 heavy (non-hydrogen) atoms. The lowest BCUT2D eigenvalue weighted by Crippen LogP contribution is -1.96. The van der Waals surface area contributed by atoms with Gasteiger partial charge in [0.25, 0.3) is 0 Å². The molecule has 0 saturated heterocycles. The van der Waals surface area contributed by atoms with Gasteiger partial charge in [-0.1, -0.05) is 23.8 Å². The van der Waals surface area contributed by atoms with E-state index in [1.165, 1.54) is 22.3 Å². The zero-order valence-electron chi connectivity index (χ0n) is 10.5. The van der Waals surface area contributed by atoms with Crippen molar-refractivity contribution in [2.45, 2.75) is 20.8 Å². The van der Waals surface area contributed by atoms with Gasteiger partial charge in [-0.3, -0.25) is 0 Å². The molecule has 2 nitrogen and oxygen atoms in total. The Balaban J connectivity index is 2.64. The number of hydrogen-bond acceptors (Lipinski definition) is 2. The van der Waals surface area contributed by atoms with Crippen LogP contribution in [-0.4, -0.2) is 0 Å². The molecule has 0 saturated carbocycles. The summed E-state index contributed by atoms with van der Waals surface area (Å²) in [6.07, 6.45) is 0. The van der Waals surface area contributed by atoms with Gasteiger partial charge in [-0.25, -0.2) is 0 Å². The van der Waals surface area contributed by atoms with E-state index in [1.54, 1.807) is 0 Å². The van der Waals surface area contributed by atoms with E-state index < -0.39 is 0 Å². The Hall–Kier alpha value is -1.96. The molecule has 4 N–H and O–H groups in total. The third kappa shape index (κ3) is 2.11. The Morgan fingerprint density at radius 1 is 0.765 bits per heavy atom.